The predicted molar refractivity (Wildman–Crippen MR) is 79.9 cm³/mol. The highest BCUT2D eigenvalue weighted by atomic mass is 32.2. The van der Waals surface area contributed by atoms with Crippen molar-refractivity contribution >= 4 is 23.6 Å². The summed E-state index contributed by atoms with van der Waals surface area (Å²) in [4.78, 5) is 24.9. The highest BCUT2D eigenvalue weighted by Gasteiger charge is 2.28. The molecule has 1 aromatic rings. The topological polar surface area (TPSA) is 57.6 Å². The van der Waals surface area contributed by atoms with Gasteiger partial charge >= 0.3 is 5.97 Å². The Bertz CT molecular complexity index is 504. The molecule has 1 amide bonds. The number of carbonyl (C=O) groups excluding carboxylic acids is 1. The van der Waals surface area contributed by atoms with E-state index in [4.69, 9.17) is 5.11 Å². The highest BCUT2D eigenvalue weighted by molar-refractivity contribution is 7.97. The molecule has 0 aliphatic carbocycles. The van der Waals surface area contributed by atoms with Crippen LogP contribution in [0.25, 0.3) is 0 Å². The van der Waals surface area contributed by atoms with Gasteiger partial charge in [-0.25, -0.2) is 0 Å². The summed E-state index contributed by atoms with van der Waals surface area (Å²) in [6.45, 7) is 1.21. The van der Waals surface area contributed by atoms with Crippen molar-refractivity contribution in [3.63, 3.8) is 0 Å². The van der Waals surface area contributed by atoms with Crippen molar-refractivity contribution in [3.8, 4) is 0 Å². The molecule has 0 aromatic heterocycles. The van der Waals surface area contributed by atoms with Crippen LogP contribution in [-0.4, -0.2) is 41.2 Å². The lowest BCUT2D eigenvalue weighted by molar-refractivity contribution is -0.138. The van der Waals surface area contributed by atoms with Gasteiger partial charge in [-0.05, 0) is 36.3 Å². The average Bonchev–Trinajstić information content (AvgIpc) is 2.86. The molecule has 0 radical (unpaired) electrons. The zero-order valence-corrected chi connectivity index (χ0v) is 12.4. The maximum absolute atomic E-state index is 12.4. The van der Waals surface area contributed by atoms with Crippen molar-refractivity contribution < 1.29 is 14.7 Å². The van der Waals surface area contributed by atoms with Crippen LogP contribution in [0.4, 0.5) is 0 Å². The molecule has 4 nitrogen and oxygen atoms in total. The Hall–Kier alpha value is -1.49. The molecule has 20 heavy (non-hydrogen) atoms. The molecule has 2 rings (SSSR count). The van der Waals surface area contributed by atoms with Crippen LogP contribution in [0.1, 0.15) is 28.8 Å². The Kier molecular flexibility index (Phi) is 5.06. The summed E-state index contributed by atoms with van der Waals surface area (Å²) < 4.78 is 0. The van der Waals surface area contributed by atoms with Gasteiger partial charge in [0.15, 0.2) is 0 Å². The number of carboxylic acids is 1. The summed E-state index contributed by atoms with van der Waals surface area (Å²) in [5.74, 6) is 0.209. The minimum atomic E-state index is -0.786. The van der Waals surface area contributed by atoms with Gasteiger partial charge in [-0.3, -0.25) is 9.59 Å². The number of rotatable bonds is 5. The minimum absolute atomic E-state index is 0.0147. The van der Waals surface area contributed by atoms with Crippen LogP contribution in [-0.2, 0) is 10.5 Å². The highest BCUT2D eigenvalue weighted by Crippen LogP contribution is 2.22. The molecular formula is C15H19NO3S. The van der Waals surface area contributed by atoms with E-state index in [9.17, 15) is 9.59 Å². The summed E-state index contributed by atoms with van der Waals surface area (Å²) in [7, 11) is 0. The summed E-state index contributed by atoms with van der Waals surface area (Å²) in [6, 6.07) is 7.69. The van der Waals surface area contributed by atoms with Crippen molar-refractivity contribution in [3.05, 3.63) is 35.4 Å². The number of hydrogen-bond acceptors (Lipinski definition) is 3. The second-order valence-corrected chi connectivity index (χ2v) is 6.00. The molecule has 0 bridgehead atoms. The van der Waals surface area contributed by atoms with Crippen molar-refractivity contribution in [2.45, 2.75) is 18.6 Å². The van der Waals surface area contributed by atoms with Crippen LogP contribution in [0, 0.1) is 5.92 Å². The molecule has 1 N–H and O–H groups in total. The molecular weight excluding hydrogens is 274 g/mol. The van der Waals surface area contributed by atoms with Crippen molar-refractivity contribution in [1.82, 2.24) is 4.90 Å². The summed E-state index contributed by atoms with van der Waals surface area (Å²) in [5, 5.41) is 8.81. The molecule has 1 saturated heterocycles. The normalized spacial score (nSPS) is 18.2. The molecule has 1 aliphatic heterocycles. The van der Waals surface area contributed by atoms with Gasteiger partial charge in [0.25, 0.3) is 5.91 Å². The fourth-order valence-corrected chi connectivity index (χ4v) is 3.09. The molecule has 0 spiro atoms. The van der Waals surface area contributed by atoms with Crippen LogP contribution >= 0.6 is 11.8 Å². The fraction of sp³-hybridized carbons (Fsp3) is 0.467. The molecule has 108 valence electrons. The van der Waals surface area contributed by atoms with E-state index in [-0.39, 0.29) is 18.2 Å². The summed E-state index contributed by atoms with van der Waals surface area (Å²) in [5.41, 5.74) is 1.84. The molecule has 1 aromatic carbocycles. The van der Waals surface area contributed by atoms with E-state index in [1.807, 2.05) is 30.5 Å². The van der Waals surface area contributed by atoms with Crippen LogP contribution in [0.3, 0.4) is 0 Å². The van der Waals surface area contributed by atoms with Gasteiger partial charge in [0.05, 0.1) is 0 Å². The Morgan fingerprint density at radius 1 is 1.45 bits per heavy atom. The molecule has 0 saturated carbocycles. The lowest BCUT2D eigenvalue weighted by atomic mass is 10.1. The van der Waals surface area contributed by atoms with E-state index in [1.165, 1.54) is 0 Å². The Balaban J connectivity index is 2.01. The van der Waals surface area contributed by atoms with E-state index < -0.39 is 5.97 Å². The first-order valence-corrected chi connectivity index (χ1v) is 8.08. The number of nitrogens with zero attached hydrogens (tertiary/aromatic N) is 1. The third-order valence-corrected chi connectivity index (χ3v) is 4.14. The van der Waals surface area contributed by atoms with E-state index >= 15 is 0 Å². The largest absolute Gasteiger partial charge is 0.481 e. The van der Waals surface area contributed by atoms with Crippen molar-refractivity contribution in [2.75, 3.05) is 19.3 Å². The van der Waals surface area contributed by atoms with Gasteiger partial charge in [-0.2, -0.15) is 11.8 Å². The second kappa shape index (κ2) is 6.79. The Labute approximate surface area is 123 Å². The first-order valence-electron chi connectivity index (χ1n) is 6.69. The molecule has 1 unspecified atom stereocenters. The van der Waals surface area contributed by atoms with Gasteiger partial charge in [0, 0.05) is 30.8 Å². The third-order valence-electron chi connectivity index (χ3n) is 3.52. The quantitative estimate of drug-likeness (QED) is 0.906. The first kappa shape index (κ1) is 14.9. The molecule has 5 heteroatoms. The van der Waals surface area contributed by atoms with Gasteiger partial charge in [0.1, 0.15) is 0 Å². The number of thioether (sulfide) groups is 1. The number of aliphatic carboxylic acids is 1. The van der Waals surface area contributed by atoms with Crippen molar-refractivity contribution in [2.24, 2.45) is 5.92 Å². The Morgan fingerprint density at radius 3 is 2.95 bits per heavy atom. The SMILES string of the molecule is CSCc1cccc(C(=O)N2CCC(CC(=O)O)C2)c1. The first-order chi connectivity index (χ1) is 9.60. The van der Waals surface area contributed by atoms with Gasteiger partial charge in [-0.15, -0.1) is 0 Å². The summed E-state index contributed by atoms with van der Waals surface area (Å²) >= 11 is 1.72. The number of hydrogen-bond donors (Lipinski definition) is 1. The fourth-order valence-electron chi connectivity index (χ4n) is 2.57. The van der Waals surface area contributed by atoms with Gasteiger partial charge < -0.3 is 10.0 Å². The smallest absolute Gasteiger partial charge is 0.303 e. The van der Waals surface area contributed by atoms with Crippen LogP contribution in [0.2, 0.25) is 0 Å². The lowest BCUT2D eigenvalue weighted by Gasteiger charge is -2.16. The Morgan fingerprint density at radius 2 is 2.25 bits per heavy atom. The molecule has 1 fully saturated rings. The van der Waals surface area contributed by atoms with Crippen molar-refractivity contribution in [1.29, 1.82) is 0 Å². The number of carboxylic acid groups (broad SMARTS) is 1. The van der Waals surface area contributed by atoms with Crippen LogP contribution in [0.15, 0.2) is 24.3 Å². The summed E-state index contributed by atoms with van der Waals surface area (Å²) in [6.07, 6.45) is 2.96. The number of likely N-dealkylation sites (tertiary alicyclic amines) is 1. The second-order valence-electron chi connectivity index (χ2n) is 5.14. The molecule has 1 heterocycles. The maximum atomic E-state index is 12.4. The number of amides is 1. The standard InChI is InChI=1S/C15H19NO3S/c1-20-10-12-3-2-4-13(7-12)15(19)16-6-5-11(9-16)8-14(17)18/h2-4,7,11H,5-6,8-10H2,1H3,(H,17,18). The number of carbonyl (C=O) groups is 2. The van der Waals surface area contributed by atoms with E-state index in [0.717, 1.165) is 17.7 Å². The van der Waals surface area contributed by atoms with E-state index in [2.05, 4.69) is 0 Å². The van der Waals surface area contributed by atoms with Gasteiger partial charge in [-0.1, -0.05) is 12.1 Å². The molecule has 1 aliphatic rings. The third kappa shape index (κ3) is 3.76. The van der Waals surface area contributed by atoms with Crippen LogP contribution in [0.5, 0.6) is 0 Å². The monoisotopic (exact) mass is 293 g/mol. The molecule has 1 atom stereocenters. The number of benzene rings is 1. The maximum Gasteiger partial charge on any atom is 0.303 e. The average molecular weight is 293 g/mol. The van der Waals surface area contributed by atoms with E-state index in [1.54, 1.807) is 16.7 Å². The zero-order valence-electron chi connectivity index (χ0n) is 11.5. The predicted octanol–water partition coefficient (Wildman–Crippen LogP) is 2.49. The zero-order chi connectivity index (χ0) is 14.5. The minimum Gasteiger partial charge on any atom is -0.481 e. The van der Waals surface area contributed by atoms with Crippen LogP contribution < -0.4 is 0 Å². The van der Waals surface area contributed by atoms with E-state index in [0.29, 0.717) is 18.7 Å². The van der Waals surface area contributed by atoms with Gasteiger partial charge in [0.2, 0.25) is 0 Å². The lowest BCUT2D eigenvalue weighted by Crippen LogP contribution is -2.29.